The maximum absolute atomic E-state index is 11.7. The maximum atomic E-state index is 11.7. The Hall–Kier alpha value is -2.35. The van der Waals surface area contributed by atoms with Crippen molar-refractivity contribution in [2.45, 2.75) is 19.4 Å². The third kappa shape index (κ3) is 2.58. The fraction of sp³-hybridized carbons (Fsp3) is 0.364. The zero-order chi connectivity index (χ0) is 14.0. The molecule has 0 saturated heterocycles. The zero-order valence-electron chi connectivity index (χ0n) is 10.2. The van der Waals surface area contributed by atoms with Crippen LogP contribution in [0.2, 0.25) is 0 Å². The van der Waals surface area contributed by atoms with Crippen molar-refractivity contribution >= 4 is 17.3 Å². The Kier molecular flexibility index (Phi) is 3.52. The van der Waals surface area contributed by atoms with Crippen LogP contribution in [0.4, 0.5) is 11.4 Å². The molecular weight excluding hydrogens is 254 g/mol. The van der Waals surface area contributed by atoms with Gasteiger partial charge in [-0.1, -0.05) is 6.92 Å². The van der Waals surface area contributed by atoms with Crippen LogP contribution in [-0.2, 0) is 4.79 Å². The first-order chi connectivity index (χ1) is 9.02. The summed E-state index contributed by atoms with van der Waals surface area (Å²) in [6.07, 6.45) is 0.435. The van der Waals surface area contributed by atoms with Crippen LogP contribution in [0.25, 0.3) is 0 Å². The molecule has 19 heavy (non-hydrogen) atoms. The van der Waals surface area contributed by atoms with Crippen molar-refractivity contribution < 1.29 is 19.2 Å². The highest BCUT2D eigenvalue weighted by Crippen LogP contribution is 2.40. The van der Waals surface area contributed by atoms with Crippen LogP contribution in [0.3, 0.4) is 0 Å². The van der Waals surface area contributed by atoms with Gasteiger partial charge in [-0.15, -0.1) is 0 Å². The molecule has 1 heterocycles. The SMILES string of the molecule is CC[C@@H](N)C(=O)Nc1cc2c(cc1[N+](=O)[O-])OCO2. The highest BCUT2D eigenvalue weighted by atomic mass is 16.7. The standard InChI is InChI=1S/C11H13N3O5/c1-2-6(12)11(15)13-7-3-9-10(19-5-18-9)4-8(7)14(16)17/h3-4,6H,2,5,12H2,1H3,(H,13,15)/t6-/m1/s1. The second-order valence-electron chi connectivity index (χ2n) is 3.98. The molecule has 1 aliphatic heterocycles. The molecule has 0 aliphatic carbocycles. The minimum atomic E-state index is -0.718. The first kappa shape index (κ1) is 13.1. The summed E-state index contributed by atoms with van der Waals surface area (Å²) in [7, 11) is 0. The van der Waals surface area contributed by atoms with Gasteiger partial charge in [0.25, 0.3) is 5.69 Å². The van der Waals surface area contributed by atoms with Gasteiger partial charge in [0, 0.05) is 6.07 Å². The summed E-state index contributed by atoms with van der Waals surface area (Å²) in [4.78, 5) is 22.1. The molecule has 1 atom stereocenters. The zero-order valence-corrected chi connectivity index (χ0v) is 10.2. The number of rotatable bonds is 4. The molecule has 1 aromatic rings. The van der Waals surface area contributed by atoms with E-state index < -0.39 is 16.9 Å². The number of fused-ring (bicyclic) bond motifs is 1. The van der Waals surface area contributed by atoms with Crippen molar-refractivity contribution in [2.75, 3.05) is 12.1 Å². The molecule has 0 saturated carbocycles. The summed E-state index contributed by atoms with van der Waals surface area (Å²) in [5, 5.41) is 13.4. The van der Waals surface area contributed by atoms with Gasteiger partial charge in [0.2, 0.25) is 12.7 Å². The van der Waals surface area contributed by atoms with E-state index in [0.29, 0.717) is 12.2 Å². The summed E-state index contributed by atoms with van der Waals surface area (Å²) in [6, 6.07) is 1.86. The first-order valence-electron chi connectivity index (χ1n) is 5.67. The largest absolute Gasteiger partial charge is 0.454 e. The molecule has 1 aromatic carbocycles. The lowest BCUT2D eigenvalue weighted by Gasteiger charge is -2.10. The van der Waals surface area contributed by atoms with E-state index in [0.717, 1.165) is 0 Å². The molecule has 8 heteroatoms. The van der Waals surface area contributed by atoms with Gasteiger partial charge < -0.3 is 20.5 Å². The molecule has 3 N–H and O–H groups in total. The molecule has 0 aromatic heterocycles. The number of hydrogen-bond acceptors (Lipinski definition) is 6. The van der Waals surface area contributed by atoms with Gasteiger partial charge >= 0.3 is 0 Å². The van der Waals surface area contributed by atoms with Crippen molar-refractivity contribution in [1.29, 1.82) is 0 Å². The Bertz CT molecular complexity index is 531. The second kappa shape index (κ2) is 5.11. The van der Waals surface area contributed by atoms with Gasteiger partial charge in [-0.05, 0) is 6.42 Å². The molecule has 0 radical (unpaired) electrons. The Morgan fingerprint density at radius 2 is 2.16 bits per heavy atom. The summed E-state index contributed by atoms with van der Waals surface area (Å²) < 4.78 is 10.2. The number of carbonyl (C=O) groups excluding carboxylic acids is 1. The van der Waals surface area contributed by atoms with Crippen LogP contribution in [0.5, 0.6) is 11.5 Å². The Morgan fingerprint density at radius 1 is 1.53 bits per heavy atom. The van der Waals surface area contributed by atoms with Gasteiger partial charge in [-0.3, -0.25) is 14.9 Å². The number of nitrogens with zero attached hydrogens (tertiary/aromatic N) is 1. The normalized spacial score (nSPS) is 14.0. The smallest absolute Gasteiger partial charge is 0.296 e. The molecule has 0 fully saturated rings. The third-order valence-corrected chi connectivity index (χ3v) is 2.72. The molecule has 2 rings (SSSR count). The van der Waals surface area contributed by atoms with E-state index in [2.05, 4.69) is 5.32 Å². The number of amides is 1. The molecule has 0 unspecified atom stereocenters. The van der Waals surface area contributed by atoms with Crippen molar-refractivity contribution in [3.05, 3.63) is 22.2 Å². The second-order valence-corrected chi connectivity index (χ2v) is 3.98. The van der Waals surface area contributed by atoms with Crippen molar-refractivity contribution in [2.24, 2.45) is 5.73 Å². The molecule has 0 spiro atoms. The summed E-state index contributed by atoms with van der Waals surface area (Å²) >= 11 is 0. The predicted octanol–water partition coefficient (Wildman–Crippen LogP) is 0.999. The Balaban J connectivity index is 2.33. The van der Waals surface area contributed by atoms with E-state index in [4.69, 9.17) is 15.2 Å². The van der Waals surface area contributed by atoms with Crippen molar-refractivity contribution in [3.63, 3.8) is 0 Å². The highest BCUT2D eigenvalue weighted by Gasteiger charge is 2.25. The van der Waals surface area contributed by atoms with Gasteiger partial charge in [0.1, 0.15) is 5.69 Å². The number of benzene rings is 1. The molecule has 102 valence electrons. The van der Waals surface area contributed by atoms with Crippen molar-refractivity contribution in [1.82, 2.24) is 0 Å². The number of anilines is 1. The van der Waals surface area contributed by atoms with Crippen LogP contribution in [0.1, 0.15) is 13.3 Å². The van der Waals surface area contributed by atoms with Crippen LogP contribution in [-0.4, -0.2) is 23.7 Å². The van der Waals surface area contributed by atoms with Crippen molar-refractivity contribution in [3.8, 4) is 11.5 Å². The number of ether oxygens (including phenoxy) is 2. The topological polar surface area (TPSA) is 117 Å². The van der Waals surface area contributed by atoms with E-state index in [1.165, 1.54) is 12.1 Å². The first-order valence-corrected chi connectivity index (χ1v) is 5.67. The number of nitro groups is 1. The summed E-state index contributed by atoms with van der Waals surface area (Å²) in [5.74, 6) is 0.153. The predicted molar refractivity (Wildman–Crippen MR) is 66.1 cm³/mol. The van der Waals surface area contributed by atoms with Gasteiger partial charge in [-0.25, -0.2) is 0 Å². The van der Waals surface area contributed by atoms with E-state index in [1.807, 2.05) is 0 Å². The van der Waals surface area contributed by atoms with Crippen LogP contribution in [0, 0.1) is 10.1 Å². The molecule has 8 nitrogen and oxygen atoms in total. The lowest BCUT2D eigenvalue weighted by Crippen LogP contribution is -2.34. The number of nitrogens with two attached hydrogens (primary N) is 1. The molecule has 1 amide bonds. The van der Waals surface area contributed by atoms with Gasteiger partial charge in [-0.2, -0.15) is 0 Å². The lowest BCUT2D eigenvalue weighted by molar-refractivity contribution is -0.384. The van der Waals surface area contributed by atoms with E-state index in [9.17, 15) is 14.9 Å². The third-order valence-electron chi connectivity index (χ3n) is 2.72. The summed E-state index contributed by atoms with van der Waals surface area (Å²) in [6.45, 7) is 1.75. The average Bonchev–Trinajstić information content (AvgIpc) is 2.83. The average molecular weight is 267 g/mol. The lowest BCUT2D eigenvalue weighted by atomic mass is 10.2. The number of nitro benzene ring substituents is 1. The van der Waals surface area contributed by atoms with E-state index in [-0.39, 0.29) is 23.9 Å². The Labute approximate surface area is 108 Å². The molecule has 0 bridgehead atoms. The maximum Gasteiger partial charge on any atom is 0.296 e. The Morgan fingerprint density at radius 3 is 2.74 bits per heavy atom. The van der Waals surface area contributed by atoms with Gasteiger partial charge in [0.15, 0.2) is 11.5 Å². The van der Waals surface area contributed by atoms with Gasteiger partial charge in [0.05, 0.1) is 17.0 Å². The molecule has 1 aliphatic rings. The fourth-order valence-corrected chi connectivity index (χ4v) is 1.59. The molecular formula is C11H13N3O5. The quantitative estimate of drug-likeness (QED) is 0.620. The number of carbonyl (C=O) groups is 1. The number of hydrogen-bond donors (Lipinski definition) is 2. The monoisotopic (exact) mass is 267 g/mol. The number of nitrogens with one attached hydrogen (secondary N) is 1. The summed E-state index contributed by atoms with van der Waals surface area (Å²) in [5.41, 5.74) is 5.35. The van der Waals surface area contributed by atoms with E-state index >= 15 is 0 Å². The minimum absolute atomic E-state index is 0.00163. The fourth-order valence-electron chi connectivity index (χ4n) is 1.59. The minimum Gasteiger partial charge on any atom is -0.454 e. The van der Waals surface area contributed by atoms with Crippen LogP contribution >= 0.6 is 0 Å². The van der Waals surface area contributed by atoms with Crippen LogP contribution < -0.4 is 20.5 Å². The highest BCUT2D eigenvalue weighted by molar-refractivity contribution is 5.97. The van der Waals surface area contributed by atoms with E-state index in [1.54, 1.807) is 6.92 Å². The van der Waals surface area contributed by atoms with Crippen LogP contribution in [0.15, 0.2) is 12.1 Å².